The second-order valence-electron chi connectivity index (χ2n) is 3.92. The van der Waals surface area contributed by atoms with Gasteiger partial charge in [-0.05, 0) is 24.2 Å². The highest BCUT2D eigenvalue weighted by atomic mass is 19.1. The molecule has 0 fully saturated rings. The predicted octanol–water partition coefficient (Wildman–Crippen LogP) is 2.18. The van der Waals surface area contributed by atoms with E-state index in [0.29, 0.717) is 6.54 Å². The van der Waals surface area contributed by atoms with Gasteiger partial charge in [-0.25, -0.2) is 9.37 Å². The van der Waals surface area contributed by atoms with Crippen molar-refractivity contribution in [3.8, 4) is 0 Å². The maximum Gasteiger partial charge on any atom is 0.123 e. The summed E-state index contributed by atoms with van der Waals surface area (Å²) in [6.45, 7) is 4.42. The summed E-state index contributed by atoms with van der Waals surface area (Å²) in [5, 5.41) is 3.25. The summed E-state index contributed by atoms with van der Waals surface area (Å²) in [5.74, 6) is -0.198. The number of hydrogen-bond donors (Lipinski definition) is 1. The number of nitrogens with one attached hydrogen (secondary N) is 1. The van der Waals surface area contributed by atoms with E-state index in [-0.39, 0.29) is 5.82 Å². The summed E-state index contributed by atoms with van der Waals surface area (Å²) in [7, 11) is 0. The molecule has 3 nitrogen and oxygen atoms in total. The van der Waals surface area contributed by atoms with E-state index in [4.69, 9.17) is 0 Å². The Kier molecular flexibility index (Phi) is 3.88. The standard InChI is InChI=1S/C13H16FN3/c1-2-15-7-13-8-16-10-17(13)9-11-4-3-5-12(14)6-11/h3-6,8,10,15H,2,7,9H2,1H3. The van der Waals surface area contributed by atoms with Crippen molar-refractivity contribution in [2.45, 2.75) is 20.0 Å². The fourth-order valence-corrected chi connectivity index (χ4v) is 1.72. The Labute approximate surface area is 100 Å². The summed E-state index contributed by atoms with van der Waals surface area (Å²) in [6, 6.07) is 6.65. The SMILES string of the molecule is CCNCc1cncn1Cc1cccc(F)c1. The van der Waals surface area contributed by atoms with Gasteiger partial charge in [0.05, 0.1) is 12.0 Å². The Morgan fingerprint density at radius 2 is 2.29 bits per heavy atom. The number of aromatic nitrogens is 2. The summed E-state index contributed by atoms with van der Waals surface area (Å²) < 4.78 is 15.1. The molecule has 1 heterocycles. The lowest BCUT2D eigenvalue weighted by Crippen LogP contribution is -2.15. The van der Waals surface area contributed by atoms with Crippen LogP contribution in [0.3, 0.4) is 0 Å². The molecular formula is C13H16FN3. The molecule has 0 saturated heterocycles. The average Bonchev–Trinajstić information content (AvgIpc) is 2.74. The van der Waals surface area contributed by atoms with Crippen LogP contribution >= 0.6 is 0 Å². The van der Waals surface area contributed by atoms with Crippen molar-refractivity contribution in [3.63, 3.8) is 0 Å². The van der Waals surface area contributed by atoms with Crippen molar-refractivity contribution >= 4 is 0 Å². The number of nitrogens with zero attached hydrogens (tertiary/aromatic N) is 2. The van der Waals surface area contributed by atoms with Crippen LogP contribution in [0.4, 0.5) is 4.39 Å². The van der Waals surface area contributed by atoms with Crippen LogP contribution in [0.5, 0.6) is 0 Å². The van der Waals surface area contributed by atoms with Crippen molar-refractivity contribution in [1.29, 1.82) is 0 Å². The van der Waals surface area contributed by atoms with Crippen LogP contribution in [0.1, 0.15) is 18.2 Å². The molecule has 0 radical (unpaired) electrons. The van der Waals surface area contributed by atoms with E-state index in [0.717, 1.165) is 24.3 Å². The molecule has 1 aromatic carbocycles. The van der Waals surface area contributed by atoms with Crippen LogP contribution in [-0.2, 0) is 13.1 Å². The molecule has 1 aromatic heterocycles. The number of benzene rings is 1. The summed E-state index contributed by atoms with van der Waals surface area (Å²) in [5.41, 5.74) is 2.05. The summed E-state index contributed by atoms with van der Waals surface area (Å²) in [6.07, 6.45) is 3.61. The van der Waals surface area contributed by atoms with E-state index in [2.05, 4.69) is 17.2 Å². The topological polar surface area (TPSA) is 29.9 Å². The van der Waals surface area contributed by atoms with Gasteiger partial charge in [0, 0.05) is 19.3 Å². The summed E-state index contributed by atoms with van der Waals surface area (Å²) in [4.78, 5) is 4.12. The molecule has 0 atom stereocenters. The van der Waals surface area contributed by atoms with Gasteiger partial charge in [-0.3, -0.25) is 0 Å². The molecule has 0 aliphatic carbocycles. The lowest BCUT2D eigenvalue weighted by molar-refractivity contribution is 0.619. The quantitative estimate of drug-likeness (QED) is 0.857. The Morgan fingerprint density at radius 1 is 1.41 bits per heavy atom. The minimum atomic E-state index is -0.198. The van der Waals surface area contributed by atoms with Crippen molar-refractivity contribution in [2.75, 3.05) is 6.54 Å². The average molecular weight is 233 g/mol. The first-order valence-electron chi connectivity index (χ1n) is 5.73. The third kappa shape index (κ3) is 3.14. The fourth-order valence-electron chi connectivity index (χ4n) is 1.72. The first-order valence-corrected chi connectivity index (χ1v) is 5.73. The second-order valence-corrected chi connectivity index (χ2v) is 3.92. The second kappa shape index (κ2) is 5.59. The molecule has 0 aliphatic rings. The van der Waals surface area contributed by atoms with Gasteiger partial charge < -0.3 is 9.88 Å². The molecular weight excluding hydrogens is 217 g/mol. The first-order chi connectivity index (χ1) is 8.29. The van der Waals surface area contributed by atoms with Gasteiger partial charge in [-0.15, -0.1) is 0 Å². The third-order valence-electron chi connectivity index (χ3n) is 2.60. The zero-order chi connectivity index (χ0) is 12.1. The smallest absolute Gasteiger partial charge is 0.123 e. The normalized spacial score (nSPS) is 10.7. The predicted molar refractivity (Wildman–Crippen MR) is 65.1 cm³/mol. The van der Waals surface area contributed by atoms with E-state index in [1.165, 1.54) is 6.07 Å². The largest absolute Gasteiger partial charge is 0.329 e. The molecule has 1 N–H and O–H groups in total. The molecule has 2 rings (SSSR count). The molecule has 90 valence electrons. The van der Waals surface area contributed by atoms with E-state index < -0.39 is 0 Å². The van der Waals surface area contributed by atoms with Crippen LogP contribution in [0, 0.1) is 5.82 Å². The Hall–Kier alpha value is -1.68. The fraction of sp³-hybridized carbons (Fsp3) is 0.308. The minimum Gasteiger partial charge on any atom is -0.329 e. The van der Waals surface area contributed by atoms with Crippen molar-refractivity contribution in [3.05, 3.63) is 53.9 Å². The molecule has 0 saturated carbocycles. The zero-order valence-electron chi connectivity index (χ0n) is 9.86. The third-order valence-corrected chi connectivity index (χ3v) is 2.60. The number of imidazole rings is 1. The molecule has 0 spiro atoms. The maximum absolute atomic E-state index is 13.1. The molecule has 2 aromatic rings. The van der Waals surface area contributed by atoms with E-state index in [1.54, 1.807) is 18.5 Å². The van der Waals surface area contributed by atoms with E-state index >= 15 is 0 Å². The maximum atomic E-state index is 13.1. The van der Waals surface area contributed by atoms with Crippen molar-refractivity contribution < 1.29 is 4.39 Å². The van der Waals surface area contributed by atoms with Crippen molar-refractivity contribution in [2.24, 2.45) is 0 Å². The lowest BCUT2D eigenvalue weighted by atomic mass is 10.2. The highest BCUT2D eigenvalue weighted by Crippen LogP contribution is 2.08. The minimum absolute atomic E-state index is 0.198. The van der Waals surface area contributed by atoms with Gasteiger partial charge in [0.1, 0.15) is 5.82 Å². The molecule has 0 bridgehead atoms. The van der Waals surface area contributed by atoms with Crippen LogP contribution in [-0.4, -0.2) is 16.1 Å². The monoisotopic (exact) mass is 233 g/mol. The Morgan fingerprint density at radius 3 is 3.06 bits per heavy atom. The van der Waals surface area contributed by atoms with Gasteiger partial charge in [-0.2, -0.15) is 0 Å². The summed E-state index contributed by atoms with van der Waals surface area (Å²) >= 11 is 0. The Balaban J connectivity index is 2.10. The molecule has 0 amide bonds. The highest BCUT2D eigenvalue weighted by Gasteiger charge is 2.02. The zero-order valence-corrected chi connectivity index (χ0v) is 9.86. The number of rotatable bonds is 5. The van der Waals surface area contributed by atoms with E-state index in [1.807, 2.05) is 16.8 Å². The number of hydrogen-bond acceptors (Lipinski definition) is 2. The van der Waals surface area contributed by atoms with Gasteiger partial charge in [0.25, 0.3) is 0 Å². The van der Waals surface area contributed by atoms with Gasteiger partial charge >= 0.3 is 0 Å². The Bertz CT molecular complexity index is 479. The van der Waals surface area contributed by atoms with Gasteiger partial charge in [0.2, 0.25) is 0 Å². The van der Waals surface area contributed by atoms with Gasteiger partial charge in [0.15, 0.2) is 0 Å². The van der Waals surface area contributed by atoms with Crippen LogP contribution < -0.4 is 5.32 Å². The van der Waals surface area contributed by atoms with E-state index in [9.17, 15) is 4.39 Å². The van der Waals surface area contributed by atoms with Gasteiger partial charge in [-0.1, -0.05) is 19.1 Å². The van der Waals surface area contributed by atoms with Crippen molar-refractivity contribution in [1.82, 2.24) is 14.9 Å². The van der Waals surface area contributed by atoms with Crippen LogP contribution in [0.15, 0.2) is 36.8 Å². The van der Waals surface area contributed by atoms with Crippen LogP contribution in [0.25, 0.3) is 0 Å². The van der Waals surface area contributed by atoms with Crippen LogP contribution in [0.2, 0.25) is 0 Å². The molecule has 4 heteroatoms. The number of halogens is 1. The highest BCUT2D eigenvalue weighted by molar-refractivity contribution is 5.17. The molecule has 17 heavy (non-hydrogen) atoms. The first kappa shape index (κ1) is 11.8. The lowest BCUT2D eigenvalue weighted by Gasteiger charge is -2.08. The molecule has 0 unspecified atom stereocenters. The molecule has 0 aliphatic heterocycles.